The molecule has 13 heavy (non-hydrogen) atoms. The summed E-state index contributed by atoms with van der Waals surface area (Å²) in [6.45, 7) is 7.57. The van der Waals surface area contributed by atoms with Gasteiger partial charge < -0.3 is 9.47 Å². The zero-order valence-electron chi connectivity index (χ0n) is 9.14. The van der Waals surface area contributed by atoms with Crippen LogP contribution in [0.25, 0.3) is 0 Å². The third kappa shape index (κ3) is 11.5. The molecule has 0 fully saturated rings. The van der Waals surface area contributed by atoms with Crippen molar-refractivity contribution in [1.82, 2.24) is 0 Å². The molecule has 76 valence electrons. The highest BCUT2D eigenvalue weighted by Gasteiger charge is 2.07. The predicted molar refractivity (Wildman–Crippen MR) is 54.6 cm³/mol. The van der Waals surface area contributed by atoms with Gasteiger partial charge in [-0.2, -0.15) is 0 Å². The first-order chi connectivity index (χ1) is 6.06. The Morgan fingerprint density at radius 1 is 1.00 bits per heavy atom. The van der Waals surface area contributed by atoms with Gasteiger partial charge in [0.1, 0.15) is 0 Å². The predicted octanol–water partition coefficient (Wildman–Crippen LogP) is 2.23. The molecule has 0 spiro atoms. The molecule has 0 heterocycles. The van der Waals surface area contributed by atoms with E-state index in [-0.39, 0.29) is 5.60 Å². The molecule has 0 bridgehead atoms. The van der Waals surface area contributed by atoms with E-state index in [4.69, 9.17) is 9.47 Å². The van der Waals surface area contributed by atoms with Crippen molar-refractivity contribution in [2.75, 3.05) is 20.3 Å². The Hall–Kier alpha value is -0.520. The minimum Gasteiger partial charge on any atom is -0.384 e. The lowest BCUT2D eigenvalue weighted by molar-refractivity contribution is 0.000589. The summed E-state index contributed by atoms with van der Waals surface area (Å²) in [6, 6.07) is 0. The maximum Gasteiger partial charge on any atom is 0.0598 e. The molecule has 0 aliphatic carbocycles. The fourth-order valence-corrected chi connectivity index (χ4v) is 0.738. The summed E-state index contributed by atoms with van der Waals surface area (Å²) in [5.74, 6) is 6.06. The van der Waals surface area contributed by atoms with Crippen molar-refractivity contribution >= 4 is 0 Å². The Labute approximate surface area is 81.6 Å². The van der Waals surface area contributed by atoms with Crippen LogP contribution in [0.3, 0.4) is 0 Å². The van der Waals surface area contributed by atoms with E-state index < -0.39 is 0 Å². The van der Waals surface area contributed by atoms with Crippen molar-refractivity contribution in [3.8, 4) is 11.8 Å². The average molecular weight is 184 g/mol. The first-order valence-electron chi connectivity index (χ1n) is 4.65. The van der Waals surface area contributed by atoms with E-state index in [1.54, 1.807) is 7.11 Å². The summed E-state index contributed by atoms with van der Waals surface area (Å²) in [5, 5.41) is 0. The first-order valence-corrected chi connectivity index (χ1v) is 4.65. The quantitative estimate of drug-likeness (QED) is 0.493. The molecule has 0 unspecified atom stereocenters. The zero-order chi connectivity index (χ0) is 10.2. The van der Waals surface area contributed by atoms with E-state index in [0.29, 0.717) is 13.2 Å². The molecular weight excluding hydrogens is 164 g/mol. The molecule has 0 radical (unpaired) electrons. The highest BCUT2D eigenvalue weighted by atomic mass is 16.5. The molecule has 0 N–H and O–H groups in total. The molecule has 0 atom stereocenters. The Morgan fingerprint density at radius 2 is 1.54 bits per heavy atom. The maximum absolute atomic E-state index is 5.50. The fraction of sp³-hybridized carbons (Fsp3) is 0.818. The molecular formula is C11H20O2. The lowest BCUT2D eigenvalue weighted by Crippen LogP contribution is -2.19. The van der Waals surface area contributed by atoms with Crippen LogP contribution in [0.2, 0.25) is 0 Å². The van der Waals surface area contributed by atoms with Crippen LogP contribution in [0.15, 0.2) is 0 Å². The molecule has 0 amide bonds. The van der Waals surface area contributed by atoms with Gasteiger partial charge in [-0.15, -0.1) is 11.8 Å². The number of rotatable bonds is 4. The van der Waals surface area contributed by atoms with Crippen LogP contribution in [0.5, 0.6) is 0 Å². The third-order valence-corrected chi connectivity index (χ3v) is 1.32. The van der Waals surface area contributed by atoms with Gasteiger partial charge in [-0.25, -0.2) is 0 Å². The zero-order valence-corrected chi connectivity index (χ0v) is 9.14. The highest BCUT2D eigenvalue weighted by molar-refractivity contribution is 4.98. The van der Waals surface area contributed by atoms with Crippen molar-refractivity contribution in [3.63, 3.8) is 0 Å². The van der Waals surface area contributed by atoms with Gasteiger partial charge in [0, 0.05) is 20.0 Å². The molecule has 0 saturated carbocycles. The second-order valence-electron chi connectivity index (χ2n) is 3.81. The maximum atomic E-state index is 5.50. The Morgan fingerprint density at radius 3 is 2.00 bits per heavy atom. The number of methoxy groups -OCH3 is 1. The molecule has 0 aromatic heterocycles. The minimum absolute atomic E-state index is 0.0474. The van der Waals surface area contributed by atoms with Crippen LogP contribution in [0.4, 0.5) is 0 Å². The number of hydrogen-bond acceptors (Lipinski definition) is 2. The summed E-state index contributed by atoms with van der Waals surface area (Å²) in [5.41, 5.74) is -0.0474. The van der Waals surface area contributed by atoms with Crippen molar-refractivity contribution in [2.24, 2.45) is 0 Å². The molecule has 2 heteroatoms. The van der Waals surface area contributed by atoms with Gasteiger partial charge in [-0.05, 0) is 20.8 Å². The smallest absolute Gasteiger partial charge is 0.0598 e. The van der Waals surface area contributed by atoms with Crippen LogP contribution in [-0.4, -0.2) is 25.9 Å². The first kappa shape index (κ1) is 12.5. The van der Waals surface area contributed by atoms with E-state index in [1.807, 2.05) is 20.8 Å². The number of hydrogen-bond donors (Lipinski definition) is 0. The Kier molecular flexibility index (Phi) is 6.66. The summed E-state index contributed by atoms with van der Waals surface area (Å²) in [4.78, 5) is 0. The monoisotopic (exact) mass is 184 g/mol. The van der Waals surface area contributed by atoms with Crippen LogP contribution >= 0.6 is 0 Å². The van der Waals surface area contributed by atoms with Crippen LogP contribution in [0.1, 0.15) is 33.6 Å². The van der Waals surface area contributed by atoms with Crippen LogP contribution in [-0.2, 0) is 9.47 Å². The Balaban J connectivity index is 3.28. The van der Waals surface area contributed by atoms with Crippen LogP contribution in [0, 0.1) is 11.8 Å². The third-order valence-electron chi connectivity index (χ3n) is 1.32. The SMILES string of the molecule is COCCC#CCCOC(C)(C)C. The van der Waals surface area contributed by atoms with Gasteiger partial charge >= 0.3 is 0 Å². The van der Waals surface area contributed by atoms with Crippen molar-refractivity contribution < 1.29 is 9.47 Å². The van der Waals surface area contributed by atoms with E-state index in [2.05, 4.69) is 11.8 Å². The van der Waals surface area contributed by atoms with E-state index in [0.717, 1.165) is 12.8 Å². The van der Waals surface area contributed by atoms with Crippen molar-refractivity contribution in [3.05, 3.63) is 0 Å². The largest absolute Gasteiger partial charge is 0.384 e. The summed E-state index contributed by atoms with van der Waals surface area (Å²) < 4.78 is 10.4. The standard InChI is InChI=1S/C11H20O2/c1-11(2,3)13-10-8-6-5-7-9-12-4/h7-10H2,1-4H3. The lowest BCUT2D eigenvalue weighted by atomic mass is 10.2. The van der Waals surface area contributed by atoms with Crippen molar-refractivity contribution in [1.29, 1.82) is 0 Å². The van der Waals surface area contributed by atoms with E-state index in [1.165, 1.54) is 0 Å². The molecule has 0 saturated heterocycles. The van der Waals surface area contributed by atoms with Gasteiger partial charge in [0.15, 0.2) is 0 Å². The normalized spacial score (nSPS) is 10.8. The lowest BCUT2D eigenvalue weighted by Gasteiger charge is -2.18. The molecule has 2 nitrogen and oxygen atoms in total. The molecule has 0 aromatic carbocycles. The summed E-state index contributed by atoms with van der Waals surface area (Å²) in [7, 11) is 1.68. The van der Waals surface area contributed by atoms with Gasteiger partial charge in [0.25, 0.3) is 0 Å². The van der Waals surface area contributed by atoms with Gasteiger partial charge in [-0.1, -0.05) is 0 Å². The highest BCUT2D eigenvalue weighted by Crippen LogP contribution is 2.06. The Bertz CT molecular complexity index is 169. The van der Waals surface area contributed by atoms with E-state index in [9.17, 15) is 0 Å². The van der Waals surface area contributed by atoms with Gasteiger partial charge in [-0.3, -0.25) is 0 Å². The molecule has 0 rings (SSSR count). The summed E-state index contributed by atoms with van der Waals surface area (Å²) in [6.07, 6.45) is 1.62. The average Bonchev–Trinajstić information content (AvgIpc) is 2.01. The molecule has 0 aliphatic rings. The van der Waals surface area contributed by atoms with Crippen molar-refractivity contribution in [2.45, 2.75) is 39.2 Å². The molecule has 0 aromatic rings. The van der Waals surface area contributed by atoms with E-state index >= 15 is 0 Å². The summed E-state index contributed by atoms with van der Waals surface area (Å²) >= 11 is 0. The topological polar surface area (TPSA) is 18.5 Å². The van der Waals surface area contributed by atoms with Gasteiger partial charge in [0.05, 0.1) is 18.8 Å². The fourth-order valence-electron chi connectivity index (χ4n) is 0.738. The van der Waals surface area contributed by atoms with Crippen LogP contribution < -0.4 is 0 Å². The molecule has 0 aliphatic heterocycles. The van der Waals surface area contributed by atoms with Gasteiger partial charge in [0.2, 0.25) is 0 Å². The second-order valence-corrected chi connectivity index (χ2v) is 3.81. The number of ether oxygens (including phenoxy) is 2. The minimum atomic E-state index is -0.0474. The second kappa shape index (κ2) is 6.94.